The van der Waals surface area contributed by atoms with Crippen LogP contribution in [0.15, 0.2) is 4.52 Å². The summed E-state index contributed by atoms with van der Waals surface area (Å²) < 4.78 is 31.5. The Kier molecular flexibility index (Phi) is 3.31. The molecule has 1 N–H and O–H groups in total. The maximum Gasteiger partial charge on any atom is 0.321 e. The first-order valence-corrected chi connectivity index (χ1v) is 5.94. The van der Waals surface area contributed by atoms with E-state index in [4.69, 9.17) is 4.52 Å². The van der Waals surface area contributed by atoms with Crippen LogP contribution in [0.4, 0.5) is 14.8 Å². The van der Waals surface area contributed by atoms with Crippen molar-refractivity contribution in [2.75, 3.05) is 5.32 Å². The Hall–Kier alpha value is -1.20. The van der Waals surface area contributed by atoms with Gasteiger partial charge in [-0.25, -0.2) is 8.78 Å². The van der Waals surface area contributed by atoms with Gasteiger partial charge in [-0.05, 0) is 26.7 Å². The molecule has 0 saturated heterocycles. The van der Waals surface area contributed by atoms with Crippen molar-refractivity contribution in [1.82, 2.24) is 10.1 Å². The highest BCUT2D eigenvalue weighted by Gasteiger charge is 2.38. The molecule has 4 nitrogen and oxygen atoms in total. The van der Waals surface area contributed by atoms with Gasteiger partial charge in [-0.3, -0.25) is 0 Å². The van der Waals surface area contributed by atoms with Crippen molar-refractivity contribution in [1.29, 1.82) is 0 Å². The molecule has 0 bridgehead atoms. The maximum atomic E-state index is 13.3. The van der Waals surface area contributed by atoms with Gasteiger partial charge in [0.1, 0.15) is 0 Å². The zero-order valence-corrected chi connectivity index (χ0v) is 10.0. The van der Waals surface area contributed by atoms with E-state index in [2.05, 4.69) is 15.5 Å². The maximum absolute atomic E-state index is 13.3. The van der Waals surface area contributed by atoms with Crippen LogP contribution in [-0.4, -0.2) is 22.1 Å². The fourth-order valence-electron chi connectivity index (χ4n) is 2.10. The molecule has 6 heteroatoms. The summed E-state index contributed by atoms with van der Waals surface area (Å²) >= 11 is 0. The molecule has 17 heavy (non-hydrogen) atoms. The minimum atomic E-state index is -2.59. The van der Waals surface area contributed by atoms with Crippen molar-refractivity contribution in [3.05, 3.63) is 5.82 Å². The van der Waals surface area contributed by atoms with Gasteiger partial charge in [0, 0.05) is 24.8 Å². The molecule has 0 spiro atoms. The van der Waals surface area contributed by atoms with Gasteiger partial charge in [-0.15, -0.1) is 0 Å². The molecule has 1 saturated carbocycles. The smallest absolute Gasteiger partial charge is 0.321 e. The number of rotatable bonds is 3. The summed E-state index contributed by atoms with van der Waals surface area (Å²) in [6.45, 7) is 3.89. The van der Waals surface area contributed by atoms with E-state index >= 15 is 0 Å². The van der Waals surface area contributed by atoms with Crippen molar-refractivity contribution in [2.45, 2.75) is 57.4 Å². The van der Waals surface area contributed by atoms with E-state index < -0.39 is 5.92 Å². The summed E-state index contributed by atoms with van der Waals surface area (Å²) in [4.78, 5) is 4.12. The number of hydrogen-bond acceptors (Lipinski definition) is 4. The number of alkyl halides is 2. The molecule has 2 rings (SSSR count). The van der Waals surface area contributed by atoms with E-state index in [1.165, 1.54) is 0 Å². The summed E-state index contributed by atoms with van der Waals surface area (Å²) in [6.07, 6.45) is 1.02. The minimum absolute atomic E-state index is 0.0293. The highest BCUT2D eigenvalue weighted by Crippen LogP contribution is 2.40. The van der Waals surface area contributed by atoms with Crippen molar-refractivity contribution < 1.29 is 13.3 Å². The van der Waals surface area contributed by atoms with E-state index in [0.717, 1.165) is 0 Å². The van der Waals surface area contributed by atoms with Crippen LogP contribution in [0.25, 0.3) is 0 Å². The Bertz CT molecular complexity index is 379. The van der Waals surface area contributed by atoms with Gasteiger partial charge in [0.25, 0.3) is 0 Å². The number of halogens is 2. The van der Waals surface area contributed by atoms with E-state index in [1.54, 1.807) is 0 Å². The molecule has 1 fully saturated rings. The van der Waals surface area contributed by atoms with Crippen molar-refractivity contribution in [3.8, 4) is 0 Å². The Morgan fingerprint density at radius 1 is 1.47 bits per heavy atom. The third-order valence-corrected chi connectivity index (χ3v) is 2.86. The Labute approximate surface area is 98.8 Å². The lowest BCUT2D eigenvalue weighted by Crippen LogP contribution is -2.25. The number of anilines is 1. The summed E-state index contributed by atoms with van der Waals surface area (Å²) in [6, 6.07) is 0.486. The van der Waals surface area contributed by atoms with Crippen molar-refractivity contribution in [3.63, 3.8) is 0 Å². The quantitative estimate of drug-likeness (QED) is 0.888. The predicted octanol–water partition coefficient (Wildman–Crippen LogP) is 3.18. The molecule has 96 valence electrons. The first-order valence-electron chi connectivity index (χ1n) is 5.94. The molecule has 1 aliphatic rings. The SMILES string of the molecule is CC(C)Nc1nc(C2CCCC(F)(F)C2)no1. The number of nitrogens with one attached hydrogen (secondary N) is 1. The van der Waals surface area contributed by atoms with Gasteiger partial charge in [0.15, 0.2) is 5.82 Å². The Morgan fingerprint density at radius 3 is 2.88 bits per heavy atom. The van der Waals surface area contributed by atoms with Gasteiger partial charge in [0.05, 0.1) is 0 Å². The van der Waals surface area contributed by atoms with E-state index in [1.807, 2.05) is 13.8 Å². The lowest BCUT2D eigenvalue weighted by atomic mass is 9.86. The second kappa shape index (κ2) is 4.58. The third-order valence-electron chi connectivity index (χ3n) is 2.86. The first kappa shape index (κ1) is 12.3. The van der Waals surface area contributed by atoms with Crippen LogP contribution in [0.5, 0.6) is 0 Å². The monoisotopic (exact) mass is 245 g/mol. The molecule has 1 unspecified atom stereocenters. The topological polar surface area (TPSA) is 51.0 Å². The number of aromatic nitrogens is 2. The molecular weight excluding hydrogens is 228 g/mol. The van der Waals surface area contributed by atoms with Crippen LogP contribution in [0.1, 0.15) is 51.3 Å². The second-order valence-electron chi connectivity index (χ2n) is 4.91. The van der Waals surface area contributed by atoms with Crippen molar-refractivity contribution >= 4 is 6.01 Å². The molecule has 1 aromatic rings. The zero-order chi connectivity index (χ0) is 12.5. The molecule has 0 radical (unpaired) electrons. The second-order valence-corrected chi connectivity index (χ2v) is 4.91. The van der Waals surface area contributed by atoms with Gasteiger partial charge in [-0.2, -0.15) is 4.98 Å². The minimum Gasteiger partial charge on any atom is -0.336 e. The zero-order valence-electron chi connectivity index (χ0n) is 10.0. The fourth-order valence-corrected chi connectivity index (χ4v) is 2.10. The predicted molar refractivity (Wildman–Crippen MR) is 59.2 cm³/mol. The molecular formula is C11H17F2N3O. The molecule has 1 heterocycles. The molecule has 1 atom stereocenters. The van der Waals surface area contributed by atoms with Gasteiger partial charge < -0.3 is 9.84 Å². The molecule has 0 aromatic carbocycles. The highest BCUT2D eigenvalue weighted by molar-refractivity contribution is 5.20. The van der Waals surface area contributed by atoms with Crippen molar-refractivity contribution in [2.24, 2.45) is 0 Å². The lowest BCUT2D eigenvalue weighted by molar-refractivity contribution is -0.0418. The highest BCUT2D eigenvalue weighted by atomic mass is 19.3. The Morgan fingerprint density at radius 2 is 2.24 bits per heavy atom. The van der Waals surface area contributed by atoms with Crippen LogP contribution in [0, 0.1) is 0 Å². The molecule has 0 amide bonds. The standard InChI is InChI=1S/C11H17F2N3O/c1-7(2)14-10-15-9(16-17-10)8-4-3-5-11(12,13)6-8/h7-8H,3-6H2,1-2H3,(H,14,15,16). The van der Waals surface area contributed by atoms with Crippen LogP contribution < -0.4 is 5.32 Å². The average Bonchev–Trinajstić information content (AvgIpc) is 2.63. The fraction of sp³-hybridized carbons (Fsp3) is 0.818. The lowest BCUT2D eigenvalue weighted by Gasteiger charge is -2.26. The summed E-state index contributed by atoms with van der Waals surface area (Å²) in [5.74, 6) is -2.48. The summed E-state index contributed by atoms with van der Waals surface area (Å²) in [5, 5.41) is 6.73. The average molecular weight is 245 g/mol. The molecule has 1 aromatic heterocycles. The summed E-state index contributed by atoms with van der Waals surface area (Å²) in [7, 11) is 0. The van der Waals surface area contributed by atoms with E-state index in [9.17, 15) is 8.78 Å². The van der Waals surface area contributed by atoms with Crippen LogP contribution >= 0.6 is 0 Å². The van der Waals surface area contributed by atoms with Crippen LogP contribution in [0.3, 0.4) is 0 Å². The third kappa shape index (κ3) is 3.14. The van der Waals surface area contributed by atoms with Gasteiger partial charge in [0.2, 0.25) is 5.92 Å². The largest absolute Gasteiger partial charge is 0.336 e. The molecule has 0 aliphatic heterocycles. The van der Waals surface area contributed by atoms with Crippen LogP contribution in [-0.2, 0) is 0 Å². The van der Waals surface area contributed by atoms with Gasteiger partial charge >= 0.3 is 6.01 Å². The number of hydrogen-bond donors (Lipinski definition) is 1. The summed E-state index contributed by atoms with van der Waals surface area (Å²) in [5.41, 5.74) is 0. The molecule has 1 aliphatic carbocycles. The van der Waals surface area contributed by atoms with E-state index in [0.29, 0.717) is 24.7 Å². The normalized spacial score (nSPS) is 23.9. The Balaban J connectivity index is 2.04. The van der Waals surface area contributed by atoms with E-state index in [-0.39, 0.29) is 24.8 Å². The van der Waals surface area contributed by atoms with Crippen LogP contribution in [0.2, 0.25) is 0 Å². The number of nitrogens with zero attached hydrogens (tertiary/aromatic N) is 2. The first-order chi connectivity index (χ1) is 7.96. The van der Waals surface area contributed by atoms with Gasteiger partial charge in [-0.1, -0.05) is 5.16 Å².